The van der Waals surface area contributed by atoms with Gasteiger partial charge >= 0.3 is 0 Å². The van der Waals surface area contributed by atoms with Gasteiger partial charge in [0.05, 0.1) is 22.6 Å². The molecule has 33 heavy (non-hydrogen) atoms. The number of rotatable bonds is 5. The normalized spacial score (nSPS) is 16.0. The maximum Gasteiger partial charge on any atom is 0.153 e. The van der Waals surface area contributed by atoms with Gasteiger partial charge in [-0.05, 0) is 62.2 Å². The van der Waals surface area contributed by atoms with Crippen LogP contribution in [0.3, 0.4) is 0 Å². The third-order valence-electron chi connectivity index (χ3n) is 6.36. The Bertz CT molecular complexity index is 1270. The van der Waals surface area contributed by atoms with Gasteiger partial charge in [-0.1, -0.05) is 24.3 Å². The molecule has 0 saturated carbocycles. The average Bonchev–Trinajstić information content (AvgIpc) is 3.17. The van der Waals surface area contributed by atoms with E-state index in [0.29, 0.717) is 0 Å². The Labute approximate surface area is 194 Å². The first-order chi connectivity index (χ1) is 16.1. The lowest BCUT2D eigenvalue weighted by atomic mass is 10.1. The summed E-state index contributed by atoms with van der Waals surface area (Å²) in [4.78, 5) is 22.1. The fourth-order valence-corrected chi connectivity index (χ4v) is 4.86. The third kappa shape index (κ3) is 4.39. The third-order valence-corrected chi connectivity index (χ3v) is 6.36. The molecule has 1 unspecified atom stereocenters. The molecule has 1 atom stereocenters. The molecular weight excluding hydrogens is 410 g/mol. The average molecular weight is 440 g/mol. The van der Waals surface area contributed by atoms with Gasteiger partial charge in [0, 0.05) is 44.0 Å². The number of para-hydroxylation sites is 1. The van der Waals surface area contributed by atoms with E-state index in [1.54, 1.807) is 6.92 Å². The highest BCUT2D eigenvalue weighted by Crippen LogP contribution is 2.29. The highest BCUT2D eigenvalue weighted by atomic mass is 16.1. The summed E-state index contributed by atoms with van der Waals surface area (Å²) in [7, 11) is 0. The van der Waals surface area contributed by atoms with Gasteiger partial charge in [0.15, 0.2) is 5.78 Å². The Kier molecular flexibility index (Phi) is 5.92. The molecule has 4 aromatic rings. The number of nitrogens with zero attached hydrogens (tertiary/aromatic N) is 5. The summed E-state index contributed by atoms with van der Waals surface area (Å²) in [5.41, 5.74) is 5.26. The van der Waals surface area contributed by atoms with Crippen LogP contribution >= 0.6 is 0 Å². The van der Waals surface area contributed by atoms with E-state index in [4.69, 9.17) is 5.10 Å². The van der Waals surface area contributed by atoms with Crippen molar-refractivity contribution in [1.82, 2.24) is 19.7 Å². The largest absolute Gasteiger partial charge is 0.368 e. The first-order valence-corrected chi connectivity index (χ1v) is 11.6. The minimum Gasteiger partial charge on any atom is -0.368 e. The maximum absolute atomic E-state index is 12.8. The van der Waals surface area contributed by atoms with Crippen LogP contribution in [0, 0.1) is 6.92 Å². The standard InChI is InChI=1S/C27H29N5O/c1-20-18-22-8-6-12-28-26(22)25(19-20)30-13-7-14-31(17-16-30)27(21(2)33)24-11-15-32(29-24)23-9-4-3-5-10-23/h3-6,8-12,15,18-19,27H,7,13-14,16-17H2,1-2H3. The minimum atomic E-state index is -0.331. The summed E-state index contributed by atoms with van der Waals surface area (Å²) in [6, 6.07) is 20.2. The molecule has 0 radical (unpaired) electrons. The van der Waals surface area contributed by atoms with E-state index in [-0.39, 0.29) is 11.8 Å². The Hall–Kier alpha value is -3.51. The van der Waals surface area contributed by atoms with Crippen molar-refractivity contribution in [3.63, 3.8) is 0 Å². The van der Waals surface area contributed by atoms with Gasteiger partial charge in [0.25, 0.3) is 0 Å². The molecule has 1 saturated heterocycles. The zero-order chi connectivity index (χ0) is 22.8. The van der Waals surface area contributed by atoms with E-state index in [1.807, 2.05) is 59.5 Å². The molecule has 0 N–H and O–H groups in total. The highest BCUT2D eigenvalue weighted by molar-refractivity contribution is 5.91. The first kappa shape index (κ1) is 21.3. The van der Waals surface area contributed by atoms with E-state index in [9.17, 15) is 4.79 Å². The number of carbonyl (C=O) groups excluding carboxylic acids is 1. The van der Waals surface area contributed by atoms with E-state index >= 15 is 0 Å². The second-order valence-electron chi connectivity index (χ2n) is 8.77. The lowest BCUT2D eigenvalue weighted by molar-refractivity contribution is -0.122. The van der Waals surface area contributed by atoms with Crippen molar-refractivity contribution < 1.29 is 4.79 Å². The van der Waals surface area contributed by atoms with Crippen molar-refractivity contribution >= 4 is 22.4 Å². The molecule has 6 heteroatoms. The molecule has 1 aliphatic rings. The van der Waals surface area contributed by atoms with Crippen LogP contribution in [0.5, 0.6) is 0 Å². The van der Waals surface area contributed by atoms with E-state index in [0.717, 1.165) is 49.5 Å². The topological polar surface area (TPSA) is 54.3 Å². The van der Waals surface area contributed by atoms with Crippen LogP contribution in [0.4, 0.5) is 5.69 Å². The maximum atomic E-state index is 12.8. The predicted octanol–water partition coefficient (Wildman–Crippen LogP) is 4.57. The van der Waals surface area contributed by atoms with Crippen LogP contribution in [0.25, 0.3) is 16.6 Å². The van der Waals surface area contributed by atoms with E-state index in [2.05, 4.69) is 39.9 Å². The van der Waals surface area contributed by atoms with Crippen molar-refractivity contribution in [2.75, 3.05) is 31.1 Å². The lowest BCUT2D eigenvalue weighted by Crippen LogP contribution is -2.37. The molecule has 6 nitrogen and oxygen atoms in total. The van der Waals surface area contributed by atoms with Crippen molar-refractivity contribution in [2.24, 2.45) is 0 Å². The van der Waals surface area contributed by atoms with Gasteiger partial charge in [-0.25, -0.2) is 4.68 Å². The number of aryl methyl sites for hydroxylation is 1. The van der Waals surface area contributed by atoms with Crippen LogP contribution in [0.15, 0.2) is 73.1 Å². The molecule has 3 heterocycles. The number of anilines is 1. The summed E-state index contributed by atoms with van der Waals surface area (Å²) in [5.74, 6) is 0.129. The number of Topliss-reactive ketones (excluding diaryl/α,β-unsaturated/α-hetero) is 1. The number of hydrogen-bond donors (Lipinski definition) is 0. The molecule has 0 bridgehead atoms. The number of carbonyl (C=O) groups is 1. The van der Waals surface area contributed by atoms with Gasteiger partial charge in [0.2, 0.25) is 0 Å². The van der Waals surface area contributed by atoms with Crippen molar-refractivity contribution in [2.45, 2.75) is 26.3 Å². The summed E-state index contributed by atoms with van der Waals surface area (Å²) in [5, 5.41) is 5.94. The van der Waals surface area contributed by atoms with Crippen LogP contribution in [-0.4, -0.2) is 51.6 Å². The SMILES string of the molecule is CC(=O)C(c1ccn(-c2ccccc2)n1)N1CCCN(c2cc(C)cc3cccnc23)CC1. The molecular formula is C27H29N5O. The minimum absolute atomic E-state index is 0.129. The molecule has 0 amide bonds. The zero-order valence-corrected chi connectivity index (χ0v) is 19.2. The van der Waals surface area contributed by atoms with Crippen LogP contribution in [0.1, 0.15) is 30.6 Å². The molecule has 1 aliphatic heterocycles. The number of ketones is 1. The fourth-order valence-electron chi connectivity index (χ4n) is 4.86. The molecule has 1 fully saturated rings. The summed E-state index contributed by atoms with van der Waals surface area (Å²) in [6.07, 6.45) is 4.78. The summed E-state index contributed by atoms with van der Waals surface area (Å²) < 4.78 is 1.85. The van der Waals surface area contributed by atoms with Gasteiger partial charge < -0.3 is 4.90 Å². The van der Waals surface area contributed by atoms with Gasteiger partial charge in [-0.15, -0.1) is 0 Å². The van der Waals surface area contributed by atoms with Crippen LogP contribution in [-0.2, 0) is 4.79 Å². The number of benzene rings is 2. The van der Waals surface area contributed by atoms with Crippen molar-refractivity contribution in [3.05, 3.63) is 84.3 Å². The van der Waals surface area contributed by atoms with E-state index < -0.39 is 0 Å². The van der Waals surface area contributed by atoms with Crippen molar-refractivity contribution in [3.8, 4) is 5.69 Å². The second kappa shape index (κ2) is 9.16. The highest BCUT2D eigenvalue weighted by Gasteiger charge is 2.29. The number of fused-ring (bicyclic) bond motifs is 1. The van der Waals surface area contributed by atoms with Crippen LogP contribution < -0.4 is 4.90 Å². The number of aromatic nitrogens is 3. The fraction of sp³-hybridized carbons (Fsp3) is 0.296. The monoisotopic (exact) mass is 439 g/mol. The van der Waals surface area contributed by atoms with Gasteiger partial charge in [-0.3, -0.25) is 14.7 Å². The molecule has 0 aliphatic carbocycles. The predicted molar refractivity (Wildman–Crippen MR) is 132 cm³/mol. The molecule has 5 rings (SSSR count). The smallest absolute Gasteiger partial charge is 0.153 e. The summed E-state index contributed by atoms with van der Waals surface area (Å²) in [6.45, 7) is 7.25. The Morgan fingerprint density at radius 1 is 0.970 bits per heavy atom. The summed E-state index contributed by atoms with van der Waals surface area (Å²) >= 11 is 0. The van der Waals surface area contributed by atoms with Crippen LogP contribution in [0.2, 0.25) is 0 Å². The second-order valence-corrected chi connectivity index (χ2v) is 8.77. The lowest BCUT2D eigenvalue weighted by Gasteiger charge is -2.28. The zero-order valence-electron chi connectivity index (χ0n) is 19.2. The Morgan fingerprint density at radius 3 is 2.64 bits per heavy atom. The molecule has 2 aromatic heterocycles. The number of pyridine rings is 1. The molecule has 168 valence electrons. The number of hydrogen-bond acceptors (Lipinski definition) is 5. The Morgan fingerprint density at radius 2 is 1.82 bits per heavy atom. The molecule has 2 aromatic carbocycles. The van der Waals surface area contributed by atoms with Crippen molar-refractivity contribution in [1.29, 1.82) is 0 Å². The Balaban J connectivity index is 1.39. The van der Waals surface area contributed by atoms with Gasteiger partial charge in [-0.2, -0.15) is 5.10 Å². The molecule has 0 spiro atoms. The first-order valence-electron chi connectivity index (χ1n) is 11.6. The quantitative estimate of drug-likeness (QED) is 0.456. The van der Waals surface area contributed by atoms with E-state index in [1.165, 1.54) is 16.6 Å². The van der Waals surface area contributed by atoms with Gasteiger partial charge in [0.1, 0.15) is 6.04 Å².